The van der Waals surface area contributed by atoms with Crippen molar-refractivity contribution in [2.75, 3.05) is 31.6 Å². The molecule has 20 heavy (non-hydrogen) atoms. The summed E-state index contributed by atoms with van der Waals surface area (Å²) in [5.41, 5.74) is 11.3. The molecule has 0 aromatic heterocycles. The summed E-state index contributed by atoms with van der Waals surface area (Å²) in [4.78, 5) is 24.1. The third-order valence-corrected chi connectivity index (χ3v) is 2.67. The van der Waals surface area contributed by atoms with Crippen LogP contribution in [0.2, 0.25) is 0 Å². The Morgan fingerprint density at radius 1 is 1.30 bits per heavy atom. The van der Waals surface area contributed by atoms with E-state index in [0.717, 1.165) is 17.9 Å². The lowest BCUT2D eigenvalue weighted by Gasteiger charge is -2.24. The maximum atomic E-state index is 11.6. The molecule has 1 aromatic carbocycles. The van der Waals surface area contributed by atoms with Crippen LogP contribution < -0.4 is 26.4 Å². The van der Waals surface area contributed by atoms with Crippen LogP contribution in [0.25, 0.3) is 0 Å². The summed E-state index contributed by atoms with van der Waals surface area (Å²) in [5, 5.41) is 2.04. The van der Waals surface area contributed by atoms with Gasteiger partial charge >= 0.3 is 6.03 Å². The van der Waals surface area contributed by atoms with Crippen molar-refractivity contribution in [1.82, 2.24) is 5.32 Å². The van der Waals surface area contributed by atoms with E-state index in [1.165, 1.54) is 0 Å². The lowest BCUT2D eigenvalue weighted by molar-refractivity contribution is -0.118. The van der Waals surface area contributed by atoms with Gasteiger partial charge in [0.05, 0.1) is 13.7 Å². The fourth-order valence-electron chi connectivity index (χ4n) is 1.72. The van der Waals surface area contributed by atoms with Gasteiger partial charge in [-0.1, -0.05) is 0 Å². The normalized spacial score (nSPS) is 9.90. The zero-order chi connectivity index (χ0) is 15.0. The molecular formula is C13H20N4O3. The summed E-state index contributed by atoms with van der Waals surface area (Å²) in [6.45, 7) is 1.16. The summed E-state index contributed by atoms with van der Waals surface area (Å²) in [5.74, 6) is 0.277. The number of imide groups is 1. The van der Waals surface area contributed by atoms with Crippen molar-refractivity contribution in [1.29, 1.82) is 0 Å². The van der Waals surface area contributed by atoms with Crippen LogP contribution in [0.1, 0.15) is 6.42 Å². The molecule has 1 rings (SSSR count). The first-order valence-corrected chi connectivity index (χ1v) is 6.25. The smallest absolute Gasteiger partial charge is 0.318 e. The number of rotatable bonds is 7. The van der Waals surface area contributed by atoms with Gasteiger partial charge in [0.25, 0.3) is 0 Å². The number of primary amides is 1. The van der Waals surface area contributed by atoms with Crippen molar-refractivity contribution in [3.8, 4) is 5.75 Å². The van der Waals surface area contributed by atoms with E-state index in [9.17, 15) is 9.59 Å². The van der Waals surface area contributed by atoms with Crippen molar-refractivity contribution in [3.05, 3.63) is 24.3 Å². The third-order valence-electron chi connectivity index (χ3n) is 2.67. The van der Waals surface area contributed by atoms with Gasteiger partial charge in [-0.25, -0.2) is 4.79 Å². The molecule has 0 radical (unpaired) electrons. The first-order valence-electron chi connectivity index (χ1n) is 6.25. The summed E-state index contributed by atoms with van der Waals surface area (Å²) in [7, 11) is 1.58. The molecule has 0 spiro atoms. The molecular weight excluding hydrogens is 260 g/mol. The molecule has 0 saturated carbocycles. The predicted octanol–water partition coefficient (Wildman–Crippen LogP) is 0.0453. The highest BCUT2D eigenvalue weighted by Gasteiger charge is 2.12. The van der Waals surface area contributed by atoms with Crippen molar-refractivity contribution in [2.45, 2.75) is 6.42 Å². The molecule has 1 aromatic rings. The molecule has 0 aliphatic rings. The minimum atomic E-state index is -0.858. The number of anilines is 1. The van der Waals surface area contributed by atoms with Crippen molar-refractivity contribution in [3.63, 3.8) is 0 Å². The molecule has 0 heterocycles. The van der Waals surface area contributed by atoms with E-state index in [0.29, 0.717) is 13.1 Å². The molecule has 7 heteroatoms. The Labute approximate surface area is 117 Å². The standard InChI is InChI=1S/C13H20N4O3/c1-20-11-5-3-10(4-6-11)17(8-2-7-14)9-12(18)16-13(15)19/h3-6H,2,7-9,14H2,1H3,(H3,15,16,18,19). The lowest BCUT2D eigenvalue weighted by Crippen LogP contribution is -2.43. The minimum Gasteiger partial charge on any atom is -0.497 e. The number of ether oxygens (including phenoxy) is 1. The van der Waals surface area contributed by atoms with E-state index in [1.54, 1.807) is 19.2 Å². The van der Waals surface area contributed by atoms with E-state index < -0.39 is 11.9 Å². The molecule has 0 aliphatic heterocycles. The van der Waals surface area contributed by atoms with E-state index in [4.69, 9.17) is 16.2 Å². The fourth-order valence-corrected chi connectivity index (χ4v) is 1.72. The number of amides is 3. The summed E-state index contributed by atoms with van der Waals surface area (Å²) >= 11 is 0. The zero-order valence-corrected chi connectivity index (χ0v) is 11.5. The first-order chi connectivity index (χ1) is 9.56. The van der Waals surface area contributed by atoms with Crippen LogP contribution >= 0.6 is 0 Å². The highest BCUT2D eigenvalue weighted by molar-refractivity contribution is 5.95. The van der Waals surface area contributed by atoms with Crippen LogP contribution in [0.15, 0.2) is 24.3 Å². The molecule has 5 N–H and O–H groups in total. The average Bonchev–Trinajstić information content (AvgIpc) is 2.42. The van der Waals surface area contributed by atoms with Crippen LogP contribution in [0.4, 0.5) is 10.5 Å². The van der Waals surface area contributed by atoms with Crippen molar-refractivity contribution in [2.24, 2.45) is 11.5 Å². The monoisotopic (exact) mass is 280 g/mol. The average molecular weight is 280 g/mol. The van der Waals surface area contributed by atoms with E-state index in [-0.39, 0.29) is 6.54 Å². The Bertz CT molecular complexity index is 447. The number of carbonyl (C=O) groups is 2. The van der Waals surface area contributed by atoms with Gasteiger partial charge in [0.1, 0.15) is 5.75 Å². The van der Waals surface area contributed by atoms with E-state index >= 15 is 0 Å². The minimum absolute atomic E-state index is 0.0370. The number of hydrogen-bond acceptors (Lipinski definition) is 5. The number of benzene rings is 1. The van der Waals surface area contributed by atoms with Crippen molar-refractivity contribution < 1.29 is 14.3 Å². The van der Waals surface area contributed by atoms with Crippen LogP contribution in [-0.2, 0) is 4.79 Å². The summed E-state index contributed by atoms with van der Waals surface area (Å²) in [6.07, 6.45) is 0.732. The molecule has 110 valence electrons. The van der Waals surface area contributed by atoms with Crippen LogP contribution in [-0.4, -0.2) is 38.7 Å². The maximum absolute atomic E-state index is 11.6. The number of carbonyl (C=O) groups excluding carboxylic acids is 2. The second kappa shape index (κ2) is 8.00. The Morgan fingerprint density at radius 3 is 2.45 bits per heavy atom. The zero-order valence-electron chi connectivity index (χ0n) is 11.5. The largest absolute Gasteiger partial charge is 0.497 e. The Morgan fingerprint density at radius 2 is 1.95 bits per heavy atom. The SMILES string of the molecule is COc1ccc(N(CCCN)CC(=O)NC(N)=O)cc1. The predicted molar refractivity (Wildman–Crippen MR) is 76.6 cm³/mol. The van der Waals surface area contributed by atoms with Gasteiger partial charge in [-0.2, -0.15) is 0 Å². The van der Waals surface area contributed by atoms with Gasteiger partial charge in [-0.3, -0.25) is 10.1 Å². The Balaban J connectivity index is 2.76. The number of urea groups is 1. The van der Waals surface area contributed by atoms with E-state index in [2.05, 4.69) is 0 Å². The molecule has 0 saturated heterocycles. The summed E-state index contributed by atoms with van der Waals surface area (Å²) < 4.78 is 5.08. The number of nitrogens with zero attached hydrogens (tertiary/aromatic N) is 1. The van der Waals surface area contributed by atoms with Crippen molar-refractivity contribution >= 4 is 17.6 Å². The Kier molecular flexibility index (Phi) is 6.31. The number of nitrogens with one attached hydrogen (secondary N) is 1. The summed E-state index contributed by atoms with van der Waals surface area (Å²) in [6, 6.07) is 6.43. The first kappa shape index (κ1) is 15.8. The van der Waals surface area contributed by atoms with E-state index in [1.807, 2.05) is 22.3 Å². The number of hydrogen-bond donors (Lipinski definition) is 3. The van der Waals surface area contributed by atoms with Crippen LogP contribution in [0.3, 0.4) is 0 Å². The molecule has 7 nitrogen and oxygen atoms in total. The van der Waals surface area contributed by atoms with Gasteiger partial charge < -0.3 is 21.1 Å². The molecule has 3 amide bonds. The molecule has 0 fully saturated rings. The molecule has 0 unspecified atom stereocenters. The van der Waals surface area contributed by atoms with Crippen LogP contribution in [0.5, 0.6) is 5.75 Å². The Hall–Kier alpha value is -2.28. The van der Waals surface area contributed by atoms with Gasteiger partial charge in [0.2, 0.25) is 5.91 Å². The quantitative estimate of drug-likeness (QED) is 0.653. The van der Waals surface area contributed by atoms with Gasteiger partial charge in [0, 0.05) is 12.2 Å². The highest BCUT2D eigenvalue weighted by Crippen LogP contribution is 2.19. The lowest BCUT2D eigenvalue weighted by atomic mass is 10.2. The number of nitrogens with two attached hydrogens (primary N) is 2. The second-order valence-corrected chi connectivity index (χ2v) is 4.17. The molecule has 0 atom stereocenters. The van der Waals surface area contributed by atoms with Gasteiger partial charge in [-0.15, -0.1) is 0 Å². The van der Waals surface area contributed by atoms with Crippen LogP contribution in [0, 0.1) is 0 Å². The van der Waals surface area contributed by atoms with Gasteiger partial charge in [0.15, 0.2) is 0 Å². The molecule has 0 aliphatic carbocycles. The molecule has 0 bridgehead atoms. The maximum Gasteiger partial charge on any atom is 0.318 e. The fraction of sp³-hybridized carbons (Fsp3) is 0.385. The number of methoxy groups -OCH3 is 1. The topological polar surface area (TPSA) is 111 Å². The third kappa shape index (κ3) is 5.15. The highest BCUT2D eigenvalue weighted by atomic mass is 16.5. The van der Waals surface area contributed by atoms with Gasteiger partial charge in [-0.05, 0) is 37.2 Å². The second-order valence-electron chi connectivity index (χ2n) is 4.17.